The zero-order chi connectivity index (χ0) is 12.3. The summed E-state index contributed by atoms with van der Waals surface area (Å²) >= 11 is 1.40. The van der Waals surface area contributed by atoms with E-state index < -0.39 is 0 Å². The summed E-state index contributed by atoms with van der Waals surface area (Å²) in [6.45, 7) is 2.61. The molecule has 0 aliphatic heterocycles. The van der Waals surface area contributed by atoms with Gasteiger partial charge in [-0.05, 0) is 19.8 Å². The molecule has 2 N–H and O–H groups in total. The maximum absolute atomic E-state index is 11.9. The molecule has 0 saturated heterocycles. The third kappa shape index (κ3) is 2.84. The number of aliphatic hydroxyl groups is 1. The number of carbonyl (C=O) groups excluding carboxylic acids is 1. The van der Waals surface area contributed by atoms with Crippen LogP contribution in [-0.2, 0) is 0 Å². The van der Waals surface area contributed by atoms with Crippen LogP contribution in [0.15, 0.2) is 6.20 Å². The number of carbonyl (C=O) groups is 1. The van der Waals surface area contributed by atoms with Gasteiger partial charge in [0.05, 0.1) is 17.8 Å². The molecule has 1 amide bonds. The van der Waals surface area contributed by atoms with Crippen LogP contribution >= 0.6 is 11.3 Å². The smallest absolute Gasteiger partial charge is 0.263 e. The number of hydrogen-bond acceptors (Lipinski definition) is 4. The number of amides is 1. The highest BCUT2D eigenvalue weighted by Crippen LogP contribution is 2.36. The third-order valence-corrected chi connectivity index (χ3v) is 4.38. The van der Waals surface area contributed by atoms with Crippen LogP contribution in [0.1, 0.15) is 40.4 Å². The van der Waals surface area contributed by atoms with Gasteiger partial charge in [-0.2, -0.15) is 0 Å². The van der Waals surface area contributed by atoms with Crippen molar-refractivity contribution in [3.8, 4) is 0 Å². The quantitative estimate of drug-likeness (QED) is 0.860. The Bertz CT molecular complexity index is 397. The van der Waals surface area contributed by atoms with Gasteiger partial charge in [0.25, 0.3) is 5.91 Å². The summed E-state index contributed by atoms with van der Waals surface area (Å²) in [5.41, 5.74) is -0.0879. The van der Waals surface area contributed by atoms with Crippen LogP contribution in [0.2, 0.25) is 0 Å². The molecule has 1 saturated carbocycles. The van der Waals surface area contributed by atoms with Crippen LogP contribution in [0.3, 0.4) is 0 Å². The number of hydrogen-bond donors (Lipinski definition) is 2. The summed E-state index contributed by atoms with van der Waals surface area (Å²) in [7, 11) is 0. The van der Waals surface area contributed by atoms with Crippen molar-refractivity contribution < 1.29 is 9.90 Å². The second-order valence-electron chi connectivity index (χ2n) is 4.79. The van der Waals surface area contributed by atoms with Crippen molar-refractivity contribution >= 4 is 17.2 Å². The Balaban J connectivity index is 1.91. The largest absolute Gasteiger partial charge is 0.396 e. The summed E-state index contributed by atoms with van der Waals surface area (Å²) < 4.78 is 0. The molecule has 2 rings (SSSR count). The minimum Gasteiger partial charge on any atom is -0.396 e. The normalized spacial score (nSPS) is 18.2. The molecule has 5 heteroatoms. The molecule has 1 fully saturated rings. The maximum Gasteiger partial charge on any atom is 0.263 e. The number of rotatable bonds is 4. The number of nitrogens with one attached hydrogen (secondary N) is 1. The van der Waals surface area contributed by atoms with Crippen molar-refractivity contribution in [2.75, 3.05) is 13.2 Å². The molecular weight excluding hydrogens is 236 g/mol. The highest BCUT2D eigenvalue weighted by atomic mass is 32.1. The Morgan fingerprint density at radius 1 is 1.59 bits per heavy atom. The Morgan fingerprint density at radius 3 is 2.82 bits per heavy atom. The van der Waals surface area contributed by atoms with Crippen LogP contribution in [0, 0.1) is 12.3 Å². The van der Waals surface area contributed by atoms with Crippen LogP contribution in [0.5, 0.6) is 0 Å². The zero-order valence-electron chi connectivity index (χ0n) is 10.0. The lowest BCUT2D eigenvalue weighted by Crippen LogP contribution is -2.38. The van der Waals surface area contributed by atoms with E-state index in [2.05, 4.69) is 10.3 Å². The van der Waals surface area contributed by atoms with Gasteiger partial charge in [0, 0.05) is 12.0 Å². The first-order chi connectivity index (χ1) is 8.15. The van der Waals surface area contributed by atoms with E-state index in [1.165, 1.54) is 11.3 Å². The van der Waals surface area contributed by atoms with E-state index in [0.29, 0.717) is 11.4 Å². The summed E-state index contributed by atoms with van der Waals surface area (Å²) in [4.78, 5) is 16.6. The lowest BCUT2D eigenvalue weighted by atomic mass is 9.87. The molecule has 0 radical (unpaired) electrons. The van der Waals surface area contributed by atoms with Gasteiger partial charge in [-0.1, -0.05) is 12.8 Å². The highest BCUT2D eigenvalue weighted by Gasteiger charge is 2.33. The van der Waals surface area contributed by atoms with Crippen LogP contribution in [0.25, 0.3) is 0 Å². The Hall–Kier alpha value is -0.940. The molecule has 94 valence electrons. The van der Waals surface area contributed by atoms with Gasteiger partial charge >= 0.3 is 0 Å². The first-order valence-corrected chi connectivity index (χ1v) is 6.78. The minimum atomic E-state index is -0.0879. The van der Waals surface area contributed by atoms with E-state index >= 15 is 0 Å². The lowest BCUT2D eigenvalue weighted by Gasteiger charge is -2.26. The molecule has 1 aromatic heterocycles. The van der Waals surface area contributed by atoms with Gasteiger partial charge in [-0.25, -0.2) is 4.98 Å². The fourth-order valence-corrected chi connectivity index (χ4v) is 3.03. The van der Waals surface area contributed by atoms with Crippen molar-refractivity contribution in [2.24, 2.45) is 5.41 Å². The van der Waals surface area contributed by atoms with Crippen molar-refractivity contribution in [1.29, 1.82) is 0 Å². The summed E-state index contributed by atoms with van der Waals surface area (Å²) in [6, 6.07) is 0. The first-order valence-electron chi connectivity index (χ1n) is 5.97. The van der Waals surface area contributed by atoms with E-state index in [1.54, 1.807) is 6.20 Å². The molecule has 1 aliphatic rings. The van der Waals surface area contributed by atoms with E-state index in [4.69, 9.17) is 0 Å². The molecule has 0 unspecified atom stereocenters. The maximum atomic E-state index is 11.9. The third-order valence-electron chi connectivity index (χ3n) is 3.47. The predicted octanol–water partition coefficient (Wildman–Crippen LogP) is 1.73. The van der Waals surface area contributed by atoms with E-state index in [-0.39, 0.29) is 17.9 Å². The summed E-state index contributed by atoms with van der Waals surface area (Å²) in [5.74, 6) is -0.0738. The second-order valence-corrected chi connectivity index (χ2v) is 6.03. The van der Waals surface area contributed by atoms with Gasteiger partial charge in [0.1, 0.15) is 4.88 Å². The molecule has 0 aromatic carbocycles. The number of aromatic nitrogens is 1. The standard InChI is InChI=1S/C12H18N2O2S/c1-9-13-6-10(17-9)11(16)14-7-12(8-15)4-2-3-5-12/h6,15H,2-5,7-8H2,1H3,(H,14,16). The fourth-order valence-electron chi connectivity index (χ4n) is 2.34. The SMILES string of the molecule is Cc1ncc(C(=O)NCC2(CO)CCCC2)s1. The highest BCUT2D eigenvalue weighted by molar-refractivity contribution is 7.13. The zero-order valence-corrected chi connectivity index (χ0v) is 10.8. The van der Waals surface area contributed by atoms with Crippen LogP contribution in [0.4, 0.5) is 0 Å². The molecule has 1 aliphatic carbocycles. The average Bonchev–Trinajstić information content (AvgIpc) is 2.95. The second kappa shape index (κ2) is 5.14. The van der Waals surface area contributed by atoms with Crippen molar-refractivity contribution in [3.05, 3.63) is 16.1 Å². The lowest BCUT2D eigenvalue weighted by molar-refractivity contribution is 0.0884. The Morgan fingerprint density at radius 2 is 2.29 bits per heavy atom. The van der Waals surface area contributed by atoms with Gasteiger partial charge in [-0.3, -0.25) is 4.79 Å². The topological polar surface area (TPSA) is 62.2 Å². The van der Waals surface area contributed by atoms with E-state index in [1.807, 2.05) is 6.92 Å². The average molecular weight is 254 g/mol. The van der Waals surface area contributed by atoms with Gasteiger partial charge < -0.3 is 10.4 Å². The van der Waals surface area contributed by atoms with Crippen molar-refractivity contribution in [3.63, 3.8) is 0 Å². The monoisotopic (exact) mass is 254 g/mol. The molecule has 17 heavy (non-hydrogen) atoms. The number of thiazole rings is 1. The van der Waals surface area contributed by atoms with Crippen LogP contribution < -0.4 is 5.32 Å². The molecule has 4 nitrogen and oxygen atoms in total. The molecule has 0 atom stereocenters. The van der Waals surface area contributed by atoms with Crippen LogP contribution in [-0.4, -0.2) is 29.1 Å². The summed E-state index contributed by atoms with van der Waals surface area (Å²) in [5, 5.41) is 13.3. The minimum absolute atomic E-state index is 0.0738. The van der Waals surface area contributed by atoms with E-state index in [9.17, 15) is 9.90 Å². The van der Waals surface area contributed by atoms with E-state index in [0.717, 1.165) is 30.7 Å². The van der Waals surface area contributed by atoms with Gasteiger partial charge in [-0.15, -0.1) is 11.3 Å². The summed E-state index contributed by atoms with van der Waals surface area (Å²) in [6.07, 6.45) is 5.92. The molecular formula is C12H18N2O2S. The molecule has 1 aromatic rings. The first kappa shape index (κ1) is 12.5. The Labute approximate surface area is 105 Å². The molecule has 0 bridgehead atoms. The van der Waals surface area contributed by atoms with Crippen molar-refractivity contribution in [2.45, 2.75) is 32.6 Å². The van der Waals surface area contributed by atoms with Gasteiger partial charge in [0.15, 0.2) is 0 Å². The molecule has 0 spiro atoms. The predicted molar refractivity (Wildman–Crippen MR) is 67.2 cm³/mol. The number of aryl methyl sites for hydroxylation is 1. The Kier molecular flexibility index (Phi) is 3.79. The fraction of sp³-hybridized carbons (Fsp3) is 0.667. The van der Waals surface area contributed by atoms with Gasteiger partial charge in [0.2, 0.25) is 0 Å². The number of aliphatic hydroxyl groups excluding tert-OH is 1. The number of nitrogens with zero attached hydrogens (tertiary/aromatic N) is 1. The van der Waals surface area contributed by atoms with Crippen molar-refractivity contribution in [1.82, 2.24) is 10.3 Å². The molecule has 1 heterocycles.